The van der Waals surface area contributed by atoms with E-state index in [9.17, 15) is 0 Å². The topological polar surface area (TPSA) is 58.8 Å². The summed E-state index contributed by atoms with van der Waals surface area (Å²) in [6.45, 7) is 1.03. The number of H-pyrrole nitrogens is 1. The molecule has 5 heteroatoms. The highest BCUT2D eigenvalue weighted by atomic mass is 32.1. The van der Waals surface area contributed by atoms with Crippen molar-refractivity contribution in [1.29, 1.82) is 0 Å². The maximum atomic E-state index is 5.94. The lowest BCUT2D eigenvalue weighted by Crippen LogP contribution is -2.28. The standard InChI is InChI=1S/C11H18N4S/c12-7-1-3-8(4-2-7)15-10-9(5-6-13-10)14-11(15)16/h7-8,13H,1-6,12H2,(H,14,16). The highest BCUT2D eigenvalue weighted by molar-refractivity contribution is 7.71. The number of nitrogens with zero attached hydrogens (tertiary/aromatic N) is 1. The molecule has 4 nitrogen and oxygen atoms in total. The SMILES string of the molecule is NC1CCC(n2c3c([nH]c2=S)CCN3)CC1. The Hall–Kier alpha value is -0.810. The van der Waals surface area contributed by atoms with E-state index in [1.54, 1.807) is 0 Å². The molecule has 2 heterocycles. The number of hydrogen-bond donors (Lipinski definition) is 3. The maximum absolute atomic E-state index is 5.94. The second-order valence-corrected chi connectivity index (χ2v) is 5.26. The number of hydrogen-bond acceptors (Lipinski definition) is 3. The minimum absolute atomic E-state index is 0.394. The number of fused-ring (bicyclic) bond motifs is 1. The van der Waals surface area contributed by atoms with Gasteiger partial charge in [0.15, 0.2) is 4.77 Å². The van der Waals surface area contributed by atoms with Crippen molar-refractivity contribution >= 4 is 18.0 Å². The van der Waals surface area contributed by atoms with Gasteiger partial charge in [0.2, 0.25) is 0 Å². The zero-order valence-electron chi connectivity index (χ0n) is 9.33. The quantitative estimate of drug-likeness (QED) is 0.655. The van der Waals surface area contributed by atoms with Gasteiger partial charge in [0.25, 0.3) is 0 Å². The zero-order chi connectivity index (χ0) is 11.1. The second kappa shape index (κ2) is 3.89. The Morgan fingerprint density at radius 1 is 1.25 bits per heavy atom. The molecule has 0 atom stereocenters. The van der Waals surface area contributed by atoms with Crippen molar-refractivity contribution in [2.24, 2.45) is 5.73 Å². The molecular weight excluding hydrogens is 220 g/mol. The molecule has 16 heavy (non-hydrogen) atoms. The summed E-state index contributed by atoms with van der Waals surface area (Å²) < 4.78 is 3.15. The van der Waals surface area contributed by atoms with Gasteiger partial charge in [-0.3, -0.25) is 0 Å². The van der Waals surface area contributed by atoms with Gasteiger partial charge in [0.1, 0.15) is 5.82 Å². The average molecular weight is 238 g/mol. The first-order valence-electron chi connectivity index (χ1n) is 6.08. The Bertz CT molecular complexity index is 439. The fraction of sp³-hybridized carbons (Fsp3) is 0.727. The normalized spacial score (nSPS) is 28.8. The molecule has 4 N–H and O–H groups in total. The van der Waals surface area contributed by atoms with Crippen LogP contribution in [0.1, 0.15) is 37.4 Å². The largest absolute Gasteiger partial charge is 0.370 e. The maximum Gasteiger partial charge on any atom is 0.179 e. The number of rotatable bonds is 1. The molecule has 0 radical (unpaired) electrons. The molecule has 0 bridgehead atoms. The molecule has 1 aromatic heterocycles. The summed E-state index contributed by atoms with van der Waals surface area (Å²) in [5.74, 6) is 1.23. The van der Waals surface area contributed by atoms with Crippen LogP contribution in [0.25, 0.3) is 0 Å². The number of imidazole rings is 1. The summed E-state index contributed by atoms with van der Waals surface area (Å²) in [7, 11) is 0. The summed E-state index contributed by atoms with van der Waals surface area (Å²) in [5.41, 5.74) is 7.22. The Balaban J connectivity index is 1.92. The van der Waals surface area contributed by atoms with Crippen LogP contribution in [0.5, 0.6) is 0 Å². The van der Waals surface area contributed by atoms with E-state index in [4.69, 9.17) is 18.0 Å². The van der Waals surface area contributed by atoms with Crippen LogP contribution < -0.4 is 11.1 Å². The molecule has 1 aliphatic heterocycles. The molecule has 0 aromatic carbocycles. The van der Waals surface area contributed by atoms with E-state index in [2.05, 4.69) is 14.9 Å². The Labute approximate surface area is 100 Å². The van der Waals surface area contributed by atoms with Gasteiger partial charge in [0, 0.05) is 25.0 Å². The minimum atomic E-state index is 0.394. The molecule has 88 valence electrons. The van der Waals surface area contributed by atoms with Gasteiger partial charge < -0.3 is 20.6 Å². The van der Waals surface area contributed by atoms with Gasteiger partial charge in [-0.1, -0.05) is 0 Å². The van der Waals surface area contributed by atoms with Crippen molar-refractivity contribution in [1.82, 2.24) is 9.55 Å². The summed E-state index contributed by atoms with van der Waals surface area (Å²) in [4.78, 5) is 3.32. The number of nitrogens with two attached hydrogens (primary N) is 1. The van der Waals surface area contributed by atoms with Crippen LogP contribution in [0, 0.1) is 4.77 Å². The first-order chi connectivity index (χ1) is 7.75. The predicted molar refractivity (Wildman–Crippen MR) is 67.3 cm³/mol. The Morgan fingerprint density at radius 2 is 2.00 bits per heavy atom. The lowest BCUT2D eigenvalue weighted by Gasteiger charge is -2.28. The Kier molecular flexibility index (Phi) is 2.52. The monoisotopic (exact) mass is 238 g/mol. The van der Waals surface area contributed by atoms with Gasteiger partial charge in [-0.05, 0) is 37.9 Å². The van der Waals surface area contributed by atoms with Crippen molar-refractivity contribution in [3.05, 3.63) is 10.5 Å². The minimum Gasteiger partial charge on any atom is -0.370 e. The summed E-state index contributed by atoms with van der Waals surface area (Å²) >= 11 is 5.41. The number of aromatic nitrogens is 2. The number of aromatic amines is 1. The van der Waals surface area contributed by atoms with Crippen LogP contribution in [0.3, 0.4) is 0 Å². The van der Waals surface area contributed by atoms with Crippen molar-refractivity contribution in [2.75, 3.05) is 11.9 Å². The third kappa shape index (κ3) is 1.58. The molecule has 0 unspecified atom stereocenters. The van der Waals surface area contributed by atoms with E-state index in [1.165, 1.54) is 11.5 Å². The first kappa shape index (κ1) is 10.4. The van der Waals surface area contributed by atoms with Gasteiger partial charge in [0.05, 0.1) is 5.69 Å². The molecular formula is C11H18N4S. The van der Waals surface area contributed by atoms with E-state index in [0.29, 0.717) is 12.1 Å². The lowest BCUT2D eigenvalue weighted by atomic mass is 9.92. The molecule has 0 amide bonds. The van der Waals surface area contributed by atoms with Crippen LogP contribution in [-0.2, 0) is 6.42 Å². The third-order valence-corrected chi connectivity index (χ3v) is 4.08. The van der Waals surface area contributed by atoms with Gasteiger partial charge in [-0.25, -0.2) is 0 Å². The zero-order valence-corrected chi connectivity index (χ0v) is 10.1. The van der Waals surface area contributed by atoms with E-state index in [-0.39, 0.29) is 0 Å². The molecule has 1 aromatic rings. The Morgan fingerprint density at radius 3 is 2.75 bits per heavy atom. The lowest BCUT2D eigenvalue weighted by molar-refractivity contribution is 0.324. The fourth-order valence-corrected chi connectivity index (χ4v) is 3.25. The fourth-order valence-electron chi connectivity index (χ4n) is 2.88. The molecule has 0 spiro atoms. The van der Waals surface area contributed by atoms with Gasteiger partial charge in [-0.15, -0.1) is 0 Å². The summed E-state index contributed by atoms with van der Waals surface area (Å²) in [6.07, 6.45) is 5.61. The second-order valence-electron chi connectivity index (χ2n) is 4.87. The van der Waals surface area contributed by atoms with Crippen LogP contribution in [0.2, 0.25) is 0 Å². The van der Waals surface area contributed by atoms with Crippen LogP contribution in [0.4, 0.5) is 5.82 Å². The van der Waals surface area contributed by atoms with Crippen molar-refractivity contribution in [3.63, 3.8) is 0 Å². The van der Waals surface area contributed by atoms with Crippen molar-refractivity contribution < 1.29 is 0 Å². The van der Waals surface area contributed by atoms with Crippen LogP contribution in [-0.4, -0.2) is 22.1 Å². The smallest absolute Gasteiger partial charge is 0.179 e. The van der Waals surface area contributed by atoms with Gasteiger partial charge in [-0.2, -0.15) is 0 Å². The number of anilines is 1. The van der Waals surface area contributed by atoms with E-state index in [0.717, 1.165) is 43.4 Å². The average Bonchev–Trinajstić information content (AvgIpc) is 2.79. The molecule has 0 saturated heterocycles. The van der Waals surface area contributed by atoms with Crippen LogP contribution >= 0.6 is 12.2 Å². The molecule has 1 fully saturated rings. The summed E-state index contributed by atoms with van der Waals surface area (Å²) in [6, 6.07) is 0.934. The third-order valence-electron chi connectivity index (χ3n) is 3.78. The molecule has 3 rings (SSSR count). The first-order valence-corrected chi connectivity index (χ1v) is 6.49. The molecule has 2 aliphatic rings. The number of nitrogens with one attached hydrogen (secondary N) is 2. The van der Waals surface area contributed by atoms with Crippen molar-refractivity contribution in [3.8, 4) is 0 Å². The molecule has 1 saturated carbocycles. The van der Waals surface area contributed by atoms with Crippen molar-refractivity contribution in [2.45, 2.75) is 44.2 Å². The van der Waals surface area contributed by atoms with Crippen LogP contribution in [0.15, 0.2) is 0 Å². The van der Waals surface area contributed by atoms with E-state index >= 15 is 0 Å². The highest BCUT2D eigenvalue weighted by Crippen LogP contribution is 2.33. The molecule has 1 aliphatic carbocycles. The van der Waals surface area contributed by atoms with E-state index in [1.807, 2.05) is 0 Å². The summed E-state index contributed by atoms with van der Waals surface area (Å²) in [5, 5.41) is 3.43. The predicted octanol–water partition coefficient (Wildman–Crippen LogP) is 1.96. The van der Waals surface area contributed by atoms with E-state index < -0.39 is 0 Å². The van der Waals surface area contributed by atoms with Gasteiger partial charge >= 0.3 is 0 Å². The highest BCUT2D eigenvalue weighted by Gasteiger charge is 2.25.